The molecule has 0 spiro atoms. The van der Waals surface area contributed by atoms with Gasteiger partial charge in [-0.25, -0.2) is 0 Å². The summed E-state index contributed by atoms with van der Waals surface area (Å²) >= 11 is 3.43. The first-order valence-electron chi connectivity index (χ1n) is 5.39. The maximum Gasteiger partial charge on any atom is 0.134 e. The van der Waals surface area contributed by atoms with Crippen molar-refractivity contribution in [2.45, 2.75) is 31.5 Å². The Labute approximate surface area is 104 Å². The SMILES string of the molecule is COc1ccc(O[C@H]2CCC[C@@H]2O)c(Br)c1. The Hall–Kier alpha value is -0.740. The average Bonchev–Trinajstić information content (AvgIpc) is 2.67. The molecule has 4 heteroatoms. The van der Waals surface area contributed by atoms with E-state index < -0.39 is 0 Å². The highest BCUT2D eigenvalue weighted by molar-refractivity contribution is 9.10. The highest BCUT2D eigenvalue weighted by Crippen LogP contribution is 2.32. The summed E-state index contributed by atoms with van der Waals surface area (Å²) in [7, 11) is 1.63. The topological polar surface area (TPSA) is 38.7 Å². The lowest BCUT2D eigenvalue weighted by Gasteiger charge is -2.18. The molecule has 0 radical (unpaired) electrons. The number of aliphatic hydroxyl groups excluding tert-OH is 1. The van der Waals surface area contributed by atoms with Crippen LogP contribution in [0.15, 0.2) is 22.7 Å². The minimum Gasteiger partial charge on any atom is -0.497 e. The molecule has 1 aliphatic carbocycles. The zero-order valence-corrected chi connectivity index (χ0v) is 10.7. The van der Waals surface area contributed by atoms with E-state index in [1.54, 1.807) is 7.11 Å². The van der Waals surface area contributed by atoms with Crippen molar-refractivity contribution in [1.82, 2.24) is 0 Å². The fourth-order valence-corrected chi connectivity index (χ4v) is 2.36. The number of halogens is 1. The van der Waals surface area contributed by atoms with Crippen molar-refractivity contribution >= 4 is 15.9 Å². The number of ether oxygens (including phenoxy) is 2. The predicted molar refractivity (Wildman–Crippen MR) is 65.0 cm³/mol. The van der Waals surface area contributed by atoms with Gasteiger partial charge in [-0.05, 0) is 53.4 Å². The summed E-state index contributed by atoms with van der Waals surface area (Å²) in [6.07, 6.45) is 2.36. The summed E-state index contributed by atoms with van der Waals surface area (Å²) < 4.78 is 11.7. The average molecular weight is 287 g/mol. The Morgan fingerprint density at radius 3 is 2.75 bits per heavy atom. The summed E-state index contributed by atoms with van der Waals surface area (Å²) in [5.41, 5.74) is 0. The molecular weight excluding hydrogens is 272 g/mol. The molecule has 16 heavy (non-hydrogen) atoms. The smallest absolute Gasteiger partial charge is 0.134 e. The van der Waals surface area contributed by atoms with Crippen molar-refractivity contribution < 1.29 is 14.6 Å². The molecule has 0 unspecified atom stereocenters. The summed E-state index contributed by atoms with van der Waals surface area (Å²) in [6.45, 7) is 0. The van der Waals surface area contributed by atoms with E-state index in [0.717, 1.165) is 35.2 Å². The van der Waals surface area contributed by atoms with Gasteiger partial charge < -0.3 is 14.6 Å². The Morgan fingerprint density at radius 1 is 1.38 bits per heavy atom. The van der Waals surface area contributed by atoms with Gasteiger partial charge in [0.25, 0.3) is 0 Å². The van der Waals surface area contributed by atoms with Gasteiger partial charge in [0, 0.05) is 0 Å². The maximum absolute atomic E-state index is 9.68. The van der Waals surface area contributed by atoms with Gasteiger partial charge in [0.2, 0.25) is 0 Å². The molecule has 2 rings (SSSR count). The van der Waals surface area contributed by atoms with Crippen molar-refractivity contribution in [1.29, 1.82) is 0 Å². The fourth-order valence-electron chi connectivity index (χ4n) is 1.91. The van der Waals surface area contributed by atoms with Crippen LogP contribution in [0.25, 0.3) is 0 Å². The van der Waals surface area contributed by atoms with Crippen LogP contribution >= 0.6 is 15.9 Å². The van der Waals surface area contributed by atoms with Crippen LogP contribution in [0.5, 0.6) is 11.5 Å². The second-order valence-corrected chi connectivity index (χ2v) is 4.81. The third-order valence-corrected chi connectivity index (χ3v) is 3.45. The first kappa shape index (κ1) is 11.7. The molecule has 3 nitrogen and oxygen atoms in total. The zero-order valence-electron chi connectivity index (χ0n) is 9.15. The van der Waals surface area contributed by atoms with Gasteiger partial charge in [-0.3, -0.25) is 0 Å². The quantitative estimate of drug-likeness (QED) is 0.929. The molecule has 1 aromatic rings. The molecule has 1 fully saturated rings. The molecule has 2 atom stereocenters. The third kappa shape index (κ3) is 2.50. The van der Waals surface area contributed by atoms with Crippen molar-refractivity contribution in [2.75, 3.05) is 7.11 Å². The van der Waals surface area contributed by atoms with Gasteiger partial charge in [-0.2, -0.15) is 0 Å². The second-order valence-electron chi connectivity index (χ2n) is 3.95. The van der Waals surface area contributed by atoms with Crippen molar-refractivity contribution in [3.8, 4) is 11.5 Å². The van der Waals surface area contributed by atoms with E-state index in [2.05, 4.69) is 15.9 Å². The molecule has 1 aliphatic rings. The zero-order chi connectivity index (χ0) is 11.5. The number of hydrogen-bond acceptors (Lipinski definition) is 3. The molecule has 0 aliphatic heterocycles. The molecule has 1 aromatic carbocycles. The van der Waals surface area contributed by atoms with Crippen LogP contribution in [0, 0.1) is 0 Å². The van der Waals surface area contributed by atoms with E-state index >= 15 is 0 Å². The Morgan fingerprint density at radius 2 is 2.19 bits per heavy atom. The maximum atomic E-state index is 9.68. The Balaban J connectivity index is 2.09. The van der Waals surface area contributed by atoms with Gasteiger partial charge >= 0.3 is 0 Å². The predicted octanol–water partition coefficient (Wildman–Crippen LogP) is 2.75. The highest BCUT2D eigenvalue weighted by Gasteiger charge is 2.27. The molecule has 1 saturated carbocycles. The van der Waals surface area contributed by atoms with E-state index in [1.165, 1.54) is 0 Å². The van der Waals surface area contributed by atoms with Crippen LogP contribution in [-0.4, -0.2) is 24.4 Å². The minimum absolute atomic E-state index is 0.0790. The molecule has 1 N–H and O–H groups in total. The van der Waals surface area contributed by atoms with Crippen molar-refractivity contribution in [3.05, 3.63) is 22.7 Å². The highest BCUT2D eigenvalue weighted by atomic mass is 79.9. The third-order valence-electron chi connectivity index (χ3n) is 2.84. The van der Waals surface area contributed by atoms with Crippen molar-refractivity contribution in [3.63, 3.8) is 0 Å². The lowest BCUT2D eigenvalue weighted by molar-refractivity contribution is 0.0599. The molecule has 0 heterocycles. The number of methoxy groups -OCH3 is 1. The van der Waals surface area contributed by atoms with Crippen molar-refractivity contribution in [2.24, 2.45) is 0 Å². The van der Waals surface area contributed by atoms with Crippen LogP contribution in [0.1, 0.15) is 19.3 Å². The van der Waals surface area contributed by atoms with E-state index in [-0.39, 0.29) is 12.2 Å². The monoisotopic (exact) mass is 286 g/mol. The molecule has 0 amide bonds. The van der Waals surface area contributed by atoms with Crippen LogP contribution in [-0.2, 0) is 0 Å². The summed E-state index contributed by atoms with van der Waals surface area (Å²) in [6, 6.07) is 5.56. The van der Waals surface area contributed by atoms with Crippen LogP contribution in [0.4, 0.5) is 0 Å². The second kappa shape index (κ2) is 5.06. The first-order chi connectivity index (χ1) is 7.70. The molecule has 0 aromatic heterocycles. The first-order valence-corrected chi connectivity index (χ1v) is 6.18. The van der Waals surface area contributed by atoms with Crippen LogP contribution in [0.2, 0.25) is 0 Å². The van der Waals surface area contributed by atoms with Gasteiger partial charge in [-0.15, -0.1) is 0 Å². The minimum atomic E-state index is -0.339. The largest absolute Gasteiger partial charge is 0.497 e. The molecular formula is C12H15BrO3. The molecule has 0 bridgehead atoms. The van der Waals surface area contributed by atoms with Gasteiger partial charge in [0.1, 0.15) is 17.6 Å². The van der Waals surface area contributed by atoms with Gasteiger partial charge in [0.15, 0.2) is 0 Å². The lowest BCUT2D eigenvalue weighted by atomic mass is 10.2. The summed E-state index contributed by atoms with van der Waals surface area (Å²) in [5.74, 6) is 1.54. The van der Waals surface area contributed by atoms with E-state index in [9.17, 15) is 5.11 Å². The fraction of sp³-hybridized carbons (Fsp3) is 0.500. The van der Waals surface area contributed by atoms with Gasteiger partial charge in [-0.1, -0.05) is 0 Å². The number of benzene rings is 1. The molecule has 0 saturated heterocycles. The van der Waals surface area contributed by atoms with Gasteiger partial charge in [0.05, 0.1) is 17.7 Å². The molecule has 88 valence electrons. The lowest BCUT2D eigenvalue weighted by Crippen LogP contribution is -2.25. The Bertz CT molecular complexity index is 367. The summed E-state index contributed by atoms with van der Waals surface area (Å²) in [4.78, 5) is 0. The number of aliphatic hydroxyl groups is 1. The van der Waals surface area contributed by atoms with Crippen LogP contribution < -0.4 is 9.47 Å². The number of rotatable bonds is 3. The van der Waals surface area contributed by atoms with Crippen LogP contribution in [0.3, 0.4) is 0 Å². The standard InChI is InChI=1S/C12H15BrO3/c1-15-8-5-6-11(9(13)7-8)16-12-4-2-3-10(12)14/h5-7,10,12,14H,2-4H2,1H3/t10-,12-/m0/s1. The van der Waals surface area contributed by atoms with E-state index in [0.29, 0.717) is 0 Å². The summed E-state index contributed by atoms with van der Waals surface area (Å²) in [5, 5.41) is 9.68. The number of hydrogen-bond donors (Lipinski definition) is 1. The van der Waals surface area contributed by atoms with E-state index in [4.69, 9.17) is 9.47 Å². The Kier molecular flexibility index (Phi) is 3.71. The van der Waals surface area contributed by atoms with E-state index in [1.807, 2.05) is 18.2 Å². The normalized spacial score (nSPS) is 24.4.